The Morgan fingerprint density at radius 2 is 1.71 bits per heavy atom. The summed E-state index contributed by atoms with van der Waals surface area (Å²) in [5, 5.41) is 1.44. The zero-order valence-corrected chi connectivity index (χ0v) is 10.4. The van der Waals surface area contributed by atoms with Crippen molar-refractivity contribution in [1.82, 2.24) is 0 Å². The Hall–Kier alpha value is -1.60. The van der Waals surface area contributed by atoms with E-state index in [4.69, 9.17) is 0 Å². The fourth-order valence-corrected chi connectivity index (χ4v) is 4.28. The van der Waals surface area contributed by atoms with E-state index < -0.39 is 0 Å². The average molecular weight is 236 g/mol. The summed E-state index contributed by atoms with van der Waals surface area (Å²) in [6.07, 6.45) is 0. The molecule has 0 aliphatic heterocycles. The summed E-state index contributed by atoms with van der Waals surface area (Å²) < 4.78 is 1.42. The highest BCUT2D eigenvalue weighted by atomic mass is 32.1. The summed E-state index contributed by atoms with van der Waals surface area (Å²) in [4.78, 5) is 1.48. The molecule has 4 rings (SSSR count). The Bertz CT molecular complexity index is 721. The molecule has 1 atom stereocenters. The van der Waals surface area contributed by atoms with E-state index in [0.29, 0.717) is 5.92 Å². The molecule has 3 aromatic rings. The monoisotopic (exact) mass is 236 g/mol. The molecule has 2 aromatic carbocycles. The molecule has 0 saturated carbocycles. The Morgan fingerprint density at radius 1 is 0.941 bits per heavy atom. The Morgan fingerprint density at radius 3 is 2.65 bits per heavy atom. The van der Waals surface area contributed by atoms with Gasteiger partial charge in [-0.2, -0.15) is 0 Å². The van der Waals surface area contributed by atoms with Crippen LogP contribution in [0.4, 0.5) is 0 Å². The summed E-state index contributed by atoms with van der Waals surface area (Å²) >= 11 is 1.93. The number of benzene rings is 2. The van der Waals surface area contributed by atoms with Crippen LogP contribution in [0.5, 0.6) is 0 Å². The molecule has 1 heteroatoms. The lowest BCUT2D eigenvalue weighted by Crippen LogP contribution is -1.88. The van der Waals surface area contributed by atoms with Gasteiger partial charge in [0.1, 0.15) is 0 Å². The van der Waals surface area contributed by atoms with Crippen molar-refractivity contribution >= 4 is 21.4 Å². The first-order valence-corrected chi connectivity index (χ1v) is 6.78. The number of hydrogen-bond donors (Lipinski definition) is 0. The van der Waals surface area contributed by atoms with Gasteiger partial charge in [0.2, 0.25) is 0 Å². The van der Waals surface area contributed by atoms with Gasteiger partial charge in [0.05, 0.1) is 0 Å². The van der Waals surface area contributed by atoms with Crippen LogP contribution in [0, 0.1) is 0 Å². The fraction of sp³-hybridized carbons (Fsp3) is 0.125. The maximum Gasteiger partial charge on any atom is 0.0396 e. The molecule has 1 aromatic heterocycles. The largest absolute Gasteiger partial charge is 0.135 e. The molecule has 0 spiro atoms. The van der Waals surface area contributed by atoms with Crippen LogP contribution in [0.15, 0.2) is 48.5 Å². The summed E-state index contributed by atoms with van der Waals surface area (Å²) in [5.41, 5.74) is 4.46. The lowest BCUT2D eigenvalue weighted by atomic mass is 9.98. The van der Waals surface area contributed by atoms with E-state index in [1.807, 2.05) is 11.3 Å². The molecule has 0 fully saturated rings. The molecule has 0 nitrogen and oxygen atoms in total. The lowest BCUT2D eigenvalue weighted by Gasteiger charge is -2.06. The molecule has 0 amide bonds. The third-order valence-electron chi connectivity index (χ3n) is 3.74. The molecule has 82 valence electrons. The molecule has 1 heterocycles. The van der Waals surface area contributed by atoms with Gasteiger partial charge in [-0.3, -0.25) is 0 Å². The molecule has 1 aliphatic carbocycles. The summed E-state index contributed by atoms with van der Waals surface area (Å²) in [6, 6.07) is 17.6. The molecule has 0 N–H and O–H groups in total. The molecular formula is C16H12S. The average Bonchev–Trinajstić information content (AvgIpc) is 2.88. The van der Waals surface area contributed by atoms with E-state index in [-0.39, 0.29) is 0 Å². The first-order valence-electron chi connectivity index (χ1n) is 5.97. The predicted octanol–water partition coefficient (Wildman–Crippen LogP) is 5.03. The van der Waals surface area contributed by atoms with Crippen LogP contribution in [-0.4, -0.2) is 0 Å². The first-order chi connectivity index (χ1) is 8.36. The SMILES string of the molecule is CC1c2ccccc2-c2sc3ccccc3c21. The van der Waals surface area contributed by atoms with Gasteiger partial charge >= 0.3 is 0 Å². The Kier molecular flexibility index (Phi) is 1.78. The van der Waals surface area contributed by atoms with Crippen molar-refractivity contribution < 1.29 is 0 Å². The van der Waals surface area contributed by atoms with E-state index in [1.54, 1.807) is 0 Å². The molecule has 0 saturated heterocycles. The van der Waals surface area contributed by atoms with Crippen molar-refractivity contribution in [2.24, 2.45) is 0 Å². The van der Waals surface area contributed by atoms with Crippen LogP contribution in [0.1, 0.15) is 24.0 Å². The highest BCUT2D eigenvalue weighted by Gasteiger charge is 2.28. The maximum absolute atomic E-state index is 2.32. The van der Waals surface area contributed by atoms with E-state index in [2.05, 4.69) is 55.5 Å². The number of hydrogen-bond acceptors (Lipinski definition) is 1. The Labute approximate surface area is 105 Å². The minimum Gasteiger partial charge on any atom is -0.135 e. The van der Waals surface area contributed by atoms with E-state index >= 15 is 0 Å². The topological polar surface area (TPSA) is 0 Å². The lowest BCUT2D eigenvalue weighted by molar-refractivity contribution is 0.969. The van der Waals surface area contributed by atoms with Gasteiger partial charge in [-0.05, 0) is 28.1 Å². The van der Waals surface area contributed by atoms with Gasteiger partial charge in [-0.15, -0.1) is 11.3 Å². The second-order valence-electron chi connectivity index (χ2n) is 4.65. The van der Waals surface area contributed by atoms with Crippen molar-refractivity contribution in [2.75, 3.05) is 0 Å². The predicted molar refractivity (Wildman–Crippen MR) is 74.8 cm³/mol. The molecule has 0 radical (unpaired) electrons. The Balaban J connectivity index is 2.15. The normalized spacial score (nSPS) is 17.1. The molecule has 1 aliphatic rings. The number of thiophene rings is 1. The van der Waals surface area contributed by atoms with Crippen molar-refractivity contribution in [3.8, 4) is 10.4 Å². The van der Waals surface area contributed by atoms with Crippen LogP contribution in [0.25, 0.3) is 20.5 Å². The summed E-state index contributed by atoms with van der Waals surface area (Å²) in [7, 11) is 0. The van der Waals surface area contributed by atoms with Crippen LogP contribution >= 0.6 is 11.3 Å². The standard InChI is InChI=1S/C16H12S/c1-10-11-6-2-3-7-12(11)16-15(10)13-8-4-5-9-14(13)17-16/h2-10H,1H3. The minimum atomic E-state index is 0.539. The van der Waals surface area contributed by atoms with Gasteiger partial charge in [0.25, 0.3) is 0 Å². The van der Waals surface area contributed by atoms with Crippen LogP contribution in [0.3, 0.4) is 0 Å². The van der Waals surface area contributed by atoms with Gasteiger partial charge in [-0.25, -0.2) is 0 Å². The van der Waals surface area contributed by atoms with E-state index in [1.165, 1.54) is 31.7 Å². The molecular weight excluding hydrogens is 224 g/mol. The second-order valence-corrected chi connectivity index (χ2v) is 5.70. The van der Waals surface area contributed by atoms with Crippen LogP contribution < -0.4 is 0 Å². The number of rotatable bonds is 0. The molecule has 1 unspecified atom stereocenters. The van der Waals surface area contributed by atoms with Crippen molar-refractivity contribution in [3.05, 3.63) is 59.7 Å². The van der Waals surface area contributed by atoms with Crippen molar-refractivity contribution in [1.29, 1.82) is 0 Å². The zero-order chi connectivity index (χ0) is 11.4. The first kappa shape index (κ1) is 9.43. The third-order valence-corrected chi connectivity index (χ3v) is 4.96. The van der Waals surface area contributed by atoms with Crippen LogP contribution in [0.2, 0.25) is 0 Å². The highest BCUT2D eigenvalue weighted by molar-refractivity contribution is 7.22. The van der Waals surface area contributed by atoms with Gasteiger partial charge in [0.15, 0.2) is 0 Å². The van der Waals surface area contributed by atoms with Crippen molar-refractivity contribution in [2.45, 2.75) is 12.8 Å². The zero-order valence-electron chi connectivity index (χ0n) is 9.60. The fourth-order valence-electron chi connectivity index (χ4n) is 2.93. The van der Waals surface area contributed by atoms with Gasteiger partial charge in [0, 0.05) is 15.5 Å². The quantitative estimate of drug-likeness (QED) is 0.513. The number of fused-ring (bicyclic) bond motifs is 5. The van der Waals surface area contributed by atoms with Gasteiger partial charge < -0.3 is 0 Å². The van der Waals surface area contributed by atoms with E-state index in [9.17, 15) is 0 Å². The smallest absolute Gasteiger partial charge is 0.0396 e. The maximum atomic E-state index is 2.32. The van der Waals surface area contributed by atoms with Crippen LogP contribution in [-0.2, 0) is 0 Å². The summed E-state index contributed by atoms with van der Waals surface area (Å²) in [5.74, 6) is 0.539. The van der Waals surface area contributed by atoms with Gasteiger partial charge in [-0.1, -0.05) is 49.4 Å². The van der Waals surface area contributed by atoms with Crippen molar-refractivity contribution in [3.63, 3.8) is 0 Å². The highest BCUT2D eigenvalue weighted by Crippen LogP contribution is 2.51. The summed E-state index contributed by atoms with van der Waals surface area (Å²) in [6.45, 7) is 2.32. The molecule has 17 heavy (non-hydrogen) atoms. The third kappa shape index (κ3) is 1.12. The second kappa shape index (κ2) is 3.21. The minimum absolute atomic E-state index is 0.539. The van der Waals surface area contributed by atoms with E-state index in [0.717, 1.165) is 0 Å². The molecule has 0 bridgehead atoms.